The Morgan fingerprint density at radius 2 is 1.94 bits per heavy atom. The number of hydrogen-bond donors (Lipinski definition) is 2. The monoisotopic (exact) mass is 250 g/mol. The number of nitrogens with one attached hydrogen (secondary N) is 1. The molecular formula is C15H26N2O. The van der Waals surface area contributed by atoms with E-state index in [1.165, 1.54) is 0 Å². The van der Waals surface area contributed by atoms with Gasteiger partial charge in [0.15, 0.2) is 0 Å². The molecule has 0 aliphatic rings. The van der Waals surface area contributed by atoms with Crippen LogP contribution in [0.3, 0.4) is 0 Å². The van der Waals surface area contributed by atoms with Gasteiger partial charge in [0.25, 0.3) is 0 Å². The van der Waals surface area contributed by atoms with Crippen molar-refractivity contribution in [2.75, 3.05) is 5.32 Å². The highest BCUT2D eigenvalue weighted by molar-refractivity contribution is 5.51. The molecule has 3 nitrogen and oxygen atoms in total. The molecule has 1 rings (SSSR count). The molecule has 0 saturated heterocycles. The van der Waals surface area contributed by atoms with E-state index in [-0.39, 0.29) is 5.41 Å². The number of pyridine rings is 1. The van der Waals surface area contributed by atoms with Gasteiger partial charge >= 0.3 is 0 Å². The van der Waals surface area contributed by atoms with Crippen LogP contribution >= 0.6 is 0 Å². The van der Waals surface area contributed by atoms with Gasteiger partial charge in [-0.25, -0.2) is 0 Å². The van der Waals surface area contributed by atoms with E-state index in [9.17, 15) is 5.11 Å². The van der Waals surface area contributed by atoms with Crippen molar-refractivity contribution in [2.24, 2.45) is 5.92 Å². The van der Waals surface area contributed by atoms with Crippen molar-refractivity contribution in [2.45, 2.75) is 59.6 Å². The van der Waals surface area contributed by atoms with E-state index in [2.05, 4.69) is 44.1 Å². The molecule has 0 spiro atoms. The molecule has 2 N–H and O–H groups in total. The normalized spacial score (nSPS) is 13.8. The van der Waals surface area contributed by atoms with Crippen molar-refractivity contribution in [1.82, 2.24) is 4.98 Å². The Bertz CT molecular complexity index is 397. The first kappa shape index (κ1) is 15.0. The first-order valence-corrected chi connectivity index (χ1v) is 6.64. The van der Waals surface area contributed by atoms with Crippen LogP contribution in [-0.4, -0.2) is 16.3 Å². The van der Waals surface area contributed by atoms with Gasteiger partial charge in [0, 0.05) is 23.0 Å². The highest BCUT2D eigenvalue weighted by Gasteiger charge is 2.24. The SMILES string of the molecule is Cc1cnc(C(C)(C)CC(C)C)cc1NC(C)O. The molecule has 3 heteroatoms. The smallest absolute Gasteiger partial charge is 0.121 e. The first-order valence-electron chi connectivity index (χ1n) is 6.64. The van der Waals surface area contributed by atoms with Crippen LogP contribution in [0.5, 0.6) is 0 Å². The van der Waals surface area contributed by atoms with Crippen molar-refractivity contribution < 1.29 is 5.11 Å². The lowest BCUT2D eigenvalue weighted by Gasteiger charge is -2.27. The van der Waals surface area contributed by atoms with Crippen molar-refractivity contribution in [3.63, 3.8) is 0 Å². The molecule has 1 aromatic rings. The Morgan fingerprint density at radius 3 is 2.44 bits per heavy atom. The largest absolute Gasteiger partial charge is 0.374 e. The molecule has 1 unspecified atom stereocenters. The van der Waals surface area contributed by atoms with Gasteiger partial charge in [-0.3, -0.25) is 4.98 Å². The molecule has 0 radical (unpaired) electrons. The maximum absolute atomic E-state index is 9.44. The Balaban J connectivity index is 3.03. The zero-order valence-corrected chi connectivity index (χ0v) is 12.4. The Hall–Kier alpha value is -1.09. The molecule has 0 bridgehead atoms. The van der Waals surface area contributed by atoms with Gasteiger partial charge in [0.2, 0.25) is 0 Å². The molecule has 0 aromatic carbocycles. The highest BCUT2D eigenvalue weighted by atomic mass is 16.3. The first-order chi connectivity index (χ1) is 8.22. The van der Waals surface area contributed by atoms with Crippen LogP contribution in [0.25, 0.3) is 0 Å². The van der Waals surface area contributed by atoms with Gasteiger partial charge < -0.3 is 10.4 Å². The average molecular weight is 250 g/mol. The zero-order valence-electron chi connectivity index (χ0n) is 12.4. The third-order valence-electron chi connectivity index (χ3n) is 3.08. The van der Waals surface area contributed by atoms with Crippen LogP contribution in [0.15, 0.2) is 12.3 Å². The summed E-state index contributed by atoms with van der Waals surface area (Å²) >= 11 is 0. The van der Waals surface area contributed by atoms with Crippen molar-refractivity contribution >= 4 is 5.69 Å². The number of aromatic nitrogens is 1. The maximum Gasteiger partial charge on any atom is 0.121 e. The summed E-state index contributed by atoms with van der Waals surface area (Å²) in [5, 5.41) is 12.5. The van der Waals surface area contributed by atoms with Crippen LogP contribution in [0.2, 0.25) is 0 Å². The van der Waals surface area contributed by atoms with E-state index < -0.39 is 6.23 Å². The second kappa shape index (κ2) is 5.70. The molecule has 0 saturated carbocycles. The number of rotatable bonds is 5. The standard InChI is InChI=1S/C15H26N2O/c1-10(2)8-15(5,6)14-7-13(17-12(4)18)11(3)9-16-14/h7,9-10,12,18H,8H2,1-6H3,(H,16,17). The molecular weight excluding hydrogens is 224 g/mol. The molecule has 102 valence electrons. The fraction of sp³-hybridized carbons (Fsp3) is 0.667. The summed E-state index contributed by atoms with van der Waals surface area (Å²) in [7, 11) is 0. The minimum Gasteiger partial charge on any atom is -0.374 e. The second-order valence-electron chi connectivity index (χ2n) is 6.19. The average Bonchev–Trinajstić information content (AvgIpc) is 2.18. The summed E-state index contributed by atoms with van der Waals surface area (Å²) in [5.74, 6) is 0.635. The molecule has 1 aromatic heterocycles. The summed E-state index contributed by atoms with van der Waals surface area (Å²) in [4.78, 5) is 4.55. The molecule has 0 aliphatic heterocycles. The fourth-order valence-electron chi connectivity index (χ4n) is 2.40. The van der Waals surface area contributed by atoms with Crippen LogP contribution in [0.1, 0.15) is 52.3 Å². The van der Waals surface area contributed by atoms with Crippen molar-refractivity contribution in [3.8, 4) is 0 Å². The summed E-state index contributed by atoms with van der Waals surface area (Å²) in [5.41, 5.74) is 3.15. The van der Waals surface area contributed by atoms with E-state index in [0.717, 1.165) is 23.4 Å². The third-order valence-corrected chi connectivity index (χ3v) is 3.08. The van der Waals surface area contributed by atoms with Crippen LogP contribution in [0, 0.1) is 12.8 Å². The minimum atomic E-state index is -0.549. The third kappa shape index (κ3) is 3.98. The quantitative estimate of drug-likeness (QED) is 0.787. The predicted octanol–water partition coefficient (Wildman–Crippen LogP) is 3.46. The van der Waals surface area contributed by atoms with E-state index in [1.807, 2.05) is 13.1 Å². The van der Waals surface area contributed by atoms with Gasteiger partial charge in [-0.1, -0.05) is 27.7 Å². The zero-order chi connectivity index (χ0) is 13.9. The number of hydrogen-bond acceptors (Lipinski definition) is 3. The Labute approximate surface area is 111 Å². The van der Waals surface area contributed by atoms with Gasteiger partial charge in [-0.15, -0.1) is 0 Å². The van der Waals surface area contributed by atoms with E-state index in [4.69, 9.17) is 0 Å². The van der Waals surface area contributed by atoms with E-state index >= 15 is 0 Å². The molecule has 0 amide bonds. The van der Waals surface area contributed by atoms with E-state index in [1.54, 1.807) is 6.92 Å². The van der Waals surface area contributed by atoms with Crippen LogP contribution < -0.4 is 5.32 Å². The number of aliphatic hydroxyl groups is 1. The molecule has 18 heavy (non-hydrogen) atoms. The lowest BCUT2D eigenvalue weighted by molar-refractivity contribution is 0.224. The Kier molecular flexibility index (Phi) is 4.74. The number of aryl methyl sites for hydroxylation is 1. The van der Waals surface area contributed by atoms with Gasteiger partial charge in [0.05, 0.1) is 0 Å². The Morgan fingerprint density at radius 1 is 1.33 bits per heavy atom. The van der Waals surface area contributed by atoms with E-state index in [0.29, 0.717) is 5.92 Å². The summed E-state index contributed by atoms with van der Waals surface area (Å²) in [6.07, 6.45) is 2.42. The fourth-order valence-corrected chi connectivity index (χ4v) is 2.40. The van der Waals surface area contributed by atoms with Crippen molar-refractivity contribution in [1.29, 1.82) is 0 Å². The molecule has 1 atom stereocenters. The van der Waals surface area contributed by atoms with Gasteiger partial charge in [-0.05, 0) is 37.8 Å². The maximum atomic E-state index is 9.44. The van der Waals surface area contributed by atoms with Crippen LogP contribution in [-0.2, 0) is 5.41 Å². The van der Waals surface area contributed by atoms with Gasteiger partial charge in [0.1, 0.15) is 6.23 Å². The lowest BCUT2D eigenvalue weighted by Crippen LogP contribution is -2.22. The topological polar surface area (TPSA) is 45.2 Å². The lowest BCUT2D eigenvalue weighted by atomic mass is 9.80. The van der Waals surface area contributed by atoms with Crippen LogP contribution in [0.4, 0.5) is 5.69 Å². The van der Waals surface area contributed by atoms with Crippen molar-refractivity contribution in [3.05, 3.63) is 23.5 Å². The minimum absolute atomic E-state index is 0.0526. The van der Waals surface area contributed by atoms with Gasteiger partial charge in [-0.2, -0.15) is 0 Å². The number of anilines is 1. The second-order valence-corrected chi connectivity index (χ2v) is 6.19. The highest BCUT2D eigenvalue weighted by Crippen LogP contribution is 2.31. The molecule has 0 fully saturated rings. The summed E-state index contributed by atoms with van der Waals surface area (Å²) < 4.78 is 0. The molecule has 0 aliphatic carbocycles. The summed E-state index contributed by atoms with van der Waals surface area (Å²) in [6.45, 7) is 12.6. The predicted molar refractivity (Wildman–Crippen MR) is 76.8 cm³/mol. The summed E-state index contributed by atoms with van der Waals surface area (Å²) in [6, 6.07) is 2.06. The number of aliphatic hydroxyl groups excluding tert-OH is 1. The number of nitrogens with zero attached hydrogens (tertiary/aromatic N) is 1. The molecule has 1 heterocycles.